The summed E-state index contributed by atoms with van der Waals surface area (Å²) in [5.74, 6) is -1.31. The highest BCUT2D eigenvalue weighted by molar-refractivity contribution is 5.42. The molecule has 186 valence electrons. The van der Waals surface area contributed by atoms with E-state index in [1.807, 2.05) is 7.05 Å². The molecule has 34 heavy (non-hydrogen) atoms. The molecule has 1 aromatic carbocycles. The lowest BCUT2D eigenvalue weighted by Crippen LogP contribution is -2.36. The molecule has 2 aliphatic rings. The highest BCUT2D eigenvalue weighted by atomic mass is 19.1. The molecule has 1 aliphatic carbocycles. The van der Waals surface area contributed by atoms with E-state index in [0.29, 0.717) is 5.56 Å². The van der Waals surface area contributed by atoms with Crippen LogP contribution in [0.5, 0.6) is 5.75 Å². The van der Waals surface area contributed by atoms with Gasteiger partial charge in [-0.25, -0.2) is 13.8 Å². The molecule has 2 aromatic rings. The van der Waals surface area contributed by atoms with Gasteiger partial charge in [0.2, 0.25) is 5.95 Å². The van der Waals surface area contributed by atoms with Gasteiger partial charge in [0.05, 0.1) is 0 Å². The predicted molar refractivity (Wildman–Crippen MR) is 126 cm³/mol. The van der Waals surface area contributed by atoms with Crippen LogP contribution in [-0.4, -0.2) is 55.7 Å². The Morgan fingerprint density at radius 3 is 2.74 bits per heavy atom. The topological polar surface area (TPSA) is 49.4 Å². The Morgan fingerprint density at radius 1 is 1.15 bits per heavy atom. The normalized spacial score (nSPS) is 21.1. The van der Waals surface area contributed by atoms with E-state index in [0.717, 1.165) is 44.5 Å². The molecule has 1 saturated carbocycles. The maximum atomic E-state index is 14.6. The second-order valence-corrected chi connectivity index (χ2v) is 9.48. The van der Waals surface area contributed by atoms with Crippen LogP contribution in [0.2, 0.25) is 0 Å². The van der Waals surface area contributed by atoms with Crippen molar-refractivity contribution in [3.05, 3.63) is 59.2 Å². The van der Waals surface area contributed by atoms with Gasteiger partial charge in [-0.15, -0.1) is 0 Å². The number of nitrogens with zero attached hydrogens (tertiary/aromatic N) is 2. The van der Waals surface area contributed by atoms with E-state index in [4.69, 9.17) is 4.74 Å². The number of pyridine rings is 1. The molecule has 1 aliphatic heterocycles. The van der Waals surface area contributed by atoms with Crippen LogP contribution in [0.15, 0.2) is 30.5 Å². The van der Waals surface area contributed by atoms with Crippen LogP contribution in [0.1, 0.15) is 49.1 Å². The van der Waals surface area contributed by atoms with Crippen molar-refractivity contribution >= 4 is 0 Å². The van der Waals surface area contributed by atoms with E-state index in [1.165, 1.54) is 50.7 Å². The zero-order chi connectivity index (χ0) is 23.9. The average molecular weight is 477 g/mol. The first-order chi connectivity index (χ1) is 16.5. The molecular weight excluding hydrogens is 441 g/mol. The Balaban J connectivity index is 1.25. The number of nitrogens with one attached hydrogen (secondary N) is 2. The summed E-state index contributed by atoms with van der Waals surface area (Å²) in [7, 11) is 1.99. The van der Waals surface area contributed by atoms with Crippen molar-refractivity contribution in [3.63, 3.8) is 0 Å². The van der Waals surface area contributed by atoms with Crippen LogP contribution < -0.4 is 15.4 Å². The Morgan fingerprint density at radius 2 is 1.97 bits per heavy atom. The maximum absolute atomic E-state index is 14.6. The number of hydrogen-bond acceptors (Lipinski definition) is 5. The third-order valence-electron chi connectivity index (χ3n) is 7.00. The largest absolute Gasteiger partial charge is 0.485 e. The Hall–Kier alpha value is -2.16. The minimum absolute atomic E-state index is 0.00426. The maximum Gasteiger partial charge on any atom is 0.219 e. The molecule has 5 nitrogen and oxygen atoms in total. The van der Waals surface area contributed by atoms with Crippen molar-refractivity contribution in [1.82, 2.24) is 20.5 Å². The van der Waals surface area contributed by atoms with Gasteiger partial charge < -0.3 is 20.3 Å². The Kier molecular flexibility index (Phi) is 8.80. The summed E-state index contributed by atoms with van der Waals surface area (Å²) < 4.78 is 48.0. The standard InChI is InChI=1S/C26H35F3N4O/c1-30-8-3-11-33-12-6-18(7-13-33)5-10-31-24-16-21(24)22-14-20(27)15-23(28)25(22)34-17-19-4-2-9-32-26(19)29/h2,4,9,14-15,18,21,24,30-31H,3,5-8,10-13,16-17H2,1H3/t21-,24+/m0/s1. The van der Waals surface area contributed by atoms with Crippen molar-refractivity contribution in [2.45, 2.75) is 50.7 Å². The molecule has 8 heteroatoms. The second-order valence-electron chi connectivity index (χ2n) is 9.48. The number of likely N-dealkylation sites (tertiary alicyclic amines) is 1. The highest BCUT2D eigenvalue weighted by Crippen LogP contribution is 2.46. The molecule has 0 amide bonds. The fraction of sp³-hybridized carbons (Fsp3) is 0.577. The lowest BCUT2D eigenvalue weighted by atomic mass is 9.93. The molecule has 2 heterocycles. The predicted octanol–water partition coefficient (Wildman–Crippen LogP) is 4.24. The van der Waals surface area contributed by atoms with Gasteiger partial charge in [-0.2, -0.15) is 4.39 Å². The lowest BCUT2D eigenvalue weighted by Gasteiger charge is -2.32. The molecule has 0 radical (unpaired) electrons. The van der Waals surface area contributed by atoms with Gasteiger partial charge in [-0.1, -0.05) is 0 Å². The van der Waals surface area contributed by atoms with E-state index in [2.05, 4.69) is 20.5 Å². The zero-order valence-corrected chi connectivity index (χ0v) is 19.8. The van der Waals surface area contributed by atoms with Gasteiger partial charge in [0, 0.05) is 35.3 Å². The minimum atomic E-state index is -0.758. The third-order valence-corrected chi connectivity index (χ3v) is 7.00. The van der Waals surface area contributed by atoms with Crippen molar-refractivity contribution < 1.29 is 17.9 Å². The van der Waals surface area contributed by atoms with Gasteiger partial charge in [-0.3, -0.25) is 0 Å². The van der Waals surface area contributed by atoms with E-state index in [1.54, 1.807) is 6.07 Å². The molecule has 2 atom stereocenters. The van der Waals surface area contributed by atoms with E-state index >= 15 is 0 Å². The summed E-state index contributed by atoms with van der Waals surface area (Å²) in [6.07, 6.45) is 6.92. The summed E-state index contributed by atoms with van der Waals surface area (Å²) >= 11 is 0. The molecule has 1 saturated heterocycles. The van der Waals surface area contributed by atoms with Gasteiger partial charge in [0.25, 0.3) is 0 Å². The summed E-state index contributed by atoms with van der Waals surface area (Å²) in [6, 6.07) is 5.47. The summed E-state index contributed by atoms with van der Waals surface area (Å²) in [5, 5.41) is 6.76. The average Bonchev–Trinajstić information content (AvgIpc) is 3.60. The van der Waals surface area contributed by atoms with Gasteiger partial charge in [0.15, 0.2) is 11.6 Å². The van der Waals surface area contributed by atoms with E-state index in [9.17, 15) is 13.2 Å². The van der Waals surface area contributed by atoms with E-state index < -0.39 is 17.6 Å². The SMILES string of the molecule is CNCCCN1CCC(CCN[C@@H]2C[C@H]2c2cc(F)cc(F)c2OCc2cccnc2F)CC1. The first kappa shape index (κ1) is 24.9. The number of halogens is 3. The smallest absolute Gasteiger partial charge is 0.219 e. The van der Waals surface area contributed by atoms with Gasteiger partial charge >= 0.3 is 0 Å². The number of piperidine rings is 1. The number of rotatable bonds is 12. The number of ether oxygens (including phenoxy) is 1. The van der Waals surface area contributed by atoms with Gasteiger partial charge in [-0.05, 0) is 96.0 Å². The highest BCUT2D eigenvalue weighted by Gasteiger charge is 2.41. The Bertz CT molecular complexity index is 936. The summed E-state index contributed by atoms with van der Waals surface area (Å²) in [6.45, 7) is 5.31. The van der Waals surface area contributed by atoms with E-state index in [-0.39, 0.29) is 29.9 Å². The first-order valence-electron chi connectivity index (χ1n) is 12.4. The van der Waals surface area contributed by atoms with Crippen LogP contribution in [0.25, 0.3) is 0 Å². The fourth-order valence-electron chi connectivity index (χ4n) is 4.90. The number of benzene rings is 1. The van der Waals surface area contributed by atoms with Crippen LogP contribution in [0, 0.1) is 23.5 Å². The molecule has 2 fully saturated rings. The second kappa shape index (κ2) is 12.0. The minimum Gasteiger partial charge on any atom is -0.485 e. The van der Waals surface area contributed by atoms with Crippen LogP contribution in [0.3, 0.4) is 0 Å². The summed E-state index contributed by atoms with van der Waals surface area (Å²) in [5.41, 5.74) is 0.741. The molecule has 1 aromatic heterocycles. The van der Waals surface area contributed by atoms with Crippen LogP contribution in [0.4, 0.5) is 13.2 Å². The lowest BCUT2D eigenvalue weighted by molar-refractivity contribution is 0.177. The molecular formula is C26H35F3N4O. The van der Waals surface area contributed by atoms with Crippen molar-refractivity contribution in [2.24, 2.45) is 5.92 Å². The molecule has 0 bridgehead atoms. The number of hydrogen-bond donors (Lipinski definition) is 2. The van der Waals surface area contributed by atoms with Crippen molar-refractivity contribution in [3.8, 4) is 5.75 Å². The molecule has 0 unspecified atom stereocenters. The molecule has 0 spiro atoms. The van der Waals surface area contributed by atoms with Crippen molar-refractivity contribution in [2.75, 3.05) is 39.8 Å². The zero-order valence-electron chi connectivity index (χ0n) is 19.8. The van der Waals surface area contributed by atoms with Crippen molar-refractivity contribution in [1.29, 1.82) is 0 Å². The van der Waals surface area contributed by atoms with Gasteiger partial charge in [0.1, 0.15) is 12.4 Å². The first-order valence-corrected chi connectivity index (χ1v) is 12.4. The summed E-state index contributed by atoms with van der Waals surface area (Å²) in [4.78, 5) is 6.14. The monoisotopic (exact) mass is 476 g/mol. The van der Waals surface area contributed by atoms with Crippen LogP contribution >= 0.6 is 0 Å². The number of aromatic nitrogens is 1. The molecule has 4 rings (SSSR count). The molecule has 2 N–H and O–H groups in total. The van der Waals surface area contributed by atoms with Crippen LogP contribution in [-0.2, 0) is 6.61 Å². The third kappa shape index (κ3) is 6.71. The Labute approximate surface area is 200 Å². The quantitative estimate of drug-likeness (QED) is 0.355. The fourth-order valence-corrected chi connectivity index (χ4v) is 4.90.